The molecule has 0 unspecified atom stereocenters. The van der Waals surface area contributed by atoms with Gasteiger partial charge in [-0.25, -0.2) is 4.98 Å². The topological polar surface area (TPSA) is 33.2 Å². The number of rotatable bonds is 5. The van der Waals surface area contributed by atoms with Gasteiger partial charge in [-0.15, -0.1) is 11.6 Å². The highest BCUT2D eigenvalue weighted by molar-refractivity contribution is 6.17. The van der Waals surface area contributed by atoms with E-state index in [1.165, 1.54) is 0 Å². The minimum Gasteiger partial charge on any atom is -0.297 e. The quantitative estimate of drug-likeness (QED) is 0.598. The van der Waals surface area contributed by atoms with E-state index in [2.05, 4.69) is 4.98 Å². The van der Waals surface area contributed by atoms with Crippen LogP contribution in [0.2, 0.25) is 0 Å². The van der Waals surface area contributed by atoms with E-state index in [1.54, 1.807) is 11.8 Å². The minimum atomic E-state index is 0.0251. The Bertz CT molecular complexity index is 373. The van der Waals surface area contributed by atoms with Gasteiger partial charge in [0.25, 0.3) is 0 Å². The third-order valence-electron chi connectivity index (χ3n) is 2.51. The number of nitrogens with zero attached hydrogens (tertiary/aromatic N) is 2. The number of hydrogen-bond acceptors (Lipinski definition) is 2. The lowest BCUT2D eigenvalue weighted by molar-refractivity contribution is -0.116. The van der Waals surface area contributed by atoms with E-state index in [9.17, 15) is 4.79 Å². The molecule has 0 fully saturated rings. The number of anilines is 1. The maximum absolute atomic E-state index is 11.6. The van der Waals surface area contributed by atoms with Gasteiger partial charge in [-0.05, 0) is 44.4 Å². The fourth-order valence-corrected chi connectivity index (χ4v) is 1.95. The van der Waals surface area contributed by atoms with E-state index in [0.29, 0.717) is 12.4 Å². The van der Waals surface area contributed by atoms with Crippen molar-refractivity contribution in [3.63, 3.8) is 0 Å². The van der Waals surface area contributed by atoms with E-state index in [-0.39, 0.29) is 5.91 Å². The molecule has 4 heteroatoms. The molecule has 1 heterocycles. The lowest BCUT2D eigenvalue weighted by Gasteiger charge is -2.20. The minimum absolute atomic E-state index is 0.0251. The largest absolute Gasteiger partial charge is 0.297 e. The molecule has 0 aliphatic carbocycles. The summed E-state index contributed by atoms with van der Waals surface area (Å²) in [5.41, 5.74) is 2.06. The van der Waals surface area contributed by atoms with Crippen molar-refractivity contribution in [3.05, 3.63) is 23.4 Å². The third kappa shape index (κ3) is 4.35. The fraction of sp³-hybridized carbons (Fsp3) is 0.538. The predicted molar refractivity (Wildman–Crippen MR) is 71.7 cm³/mol. The lowest BCUT2D eigenvalue weighted by atomic mass is 10.2. The first-order valence-electron chi connectivity index (χ1n) is 5.84. The van der Waals surface area contributed by atoms with E-state index in [0.717, 1.165) is 29.9 Å². The molecule has 1 amide bonds. The van der Waals surface area contributed by atoms with Gasteiger partial charge in [0.15, 0.2) is 0 Å². The molecule has 0 N–H and O–H groups in total. The molecule has 1 aromatic rings. The number of carbonyl (C=O) groups is 1. The summed E-state index contributed by atoms with van der Waals surface area (Å²) in [5, 5.41) is 0. The Hall–Kier alpha value is -1.09. The molecule has 0 spiro atoms. The zero-order valence-corrected chi connectivity index (χ0v) is 11.4. The summed E-state index contributed by atoms with van der Waals surface area (Å²) in [6.45, 7) is 6.20. The zero-order valence-electron chi connectivity index (χ0n) is 10.7. The number of amides is 1. The van der Waals surface area contributed by atoms with Crippen molar-refractivity contribution in [2.75, 3.05) is 17.3 Å². The Kier molecular flexibility index (Phi) is 5.42. The second-order valence-corrected chi connectivity index (χ2v) is 4.59. The van der Waals surface area contributed by atoms with Crippen LogP contribution in [0.25, 0.3) is 0 Å². The average molecular weight is 255 g/mol. The molecule has 0 aliphatic heterocycles. The molecule has 1 rings (SSSR count). The molecule has 1 aromatic heterocycles. The van der Waals surface area contributed by atoms with Gasteiger partial charge in [0.1, 0.15) is 5.82 Å². The summed E-state index contributed by atoms with van der Waals surface area (Å²) in [7, 11) is 0. The van der Waals surface area contributed by atoms with E-state index in [1.807, 2.05) is 26.0 Å². The Balaban J connectivity index is 2.85. The highest BCUT2D eigenvalue weighted by Gasteiger charge is 2.12. The lowest BCUT2D eigenvalue weighted by Crippen LogP contribution is -2.30. The van der Waals surface area contributed by atoms with E-state index in [4.69, 9.17) is 11.6 Å². The molecule has 0 saturated heterocycles. The first-order chi connectivity index (χ1) is 8.04. The third-order valence-corrected chi connectivity index (χ3v) is 2.77. The number of halogens is 1. The number of pyridine rings is 1. The molecular formula is C13H19ClN2O. The number of alkyl halides is 1. The van der Waals surface area contributed by atoms with Crippen LogP contribution in [0.3, 0.4) is 0 Å². The second-order valence-electron chi connectivity index (χ2n) is 4.21. The van der Waals surface area contributed by atoms with Crippen LogP contribution in [0.1, 0.15) is 31.0 Å². The van der Waals surface area contributed by atoms with Crippen molar-refractivity contribution >= 4 is 23.3 Å². The van der Waals surface area contributed by atoms with Gasteiger partial charge < -0.3 is 0 Å². The van der Waals surface area contributed by atoms with Gasteiger partial charge in [0.2, 0.25) is 5.91 Å². The van der Waals surface area contributed by atoms with Crippen molar-refractivity contribution in [1.29, 1.82) is 0 Å². The van der Waals surface area contributed by atoms with Crippen molar-refractivity contribution < 1.29 is 4.79 Å². The van der Waals surface area contributed by atoms with Crippen LogP contribution in [-0.4, -0.2) is 23.3 Å². The first-order valence-corrected chi connectivity index (χ1v) is 6.37. The Morgan fingerprint density at radius 2 is 2.06 bits per heavy atom. The Morgan fingerprint density at radius 1 is 1.35 bits per heavy atom. The number of aromatic nitrogens is 1. The zero-order chi connectivity index (χ0) is 12.8. The smallest absolute Gasteiger partial charge is 0.225 e. The monoisotopic (exact) mass is 254 g/mol. The number of aryl methyl sites for hydroxylation is 2. The molecule has 0 aliphatic rings. The molecule has 0 aromatic carbocycles. The number of carbonyl (C=O) groups excluding carboxylic acids is 1. The molecule has 0 bridgehead atoms. The van der Waals surface area contributed by atoms with Gasteiger partial charge >= 0.3 is 0 Å². The predicted octanol–water partition coefficient (Wildman–Crippen LogP) is 3.07. The van der Waals surface area contributed by atoms with E-state index >= 15 is 0 Å². The van der Waals surface area contributed by atoms with Crippen LogP contribution in [0.15, 0.2) is 12.1 Å². The molecule has 0 radical (unpaired) electrons. The highest BCUT2D eigenvalue weighted by Crippen LogP contribution is 2.15. The van der Waals surface area contributed by atoms with Gasteiger partial charge in [-0.3, -0.25) is 9.69 Å². The van der Waals surface area contributed by atoms with E-state index < -0.39 is 0 Å². The van der Waals surface area contributed by atoms with Crippen molar-refractivity contribution in [3.8, 4) is 0 Å². The maximum atomic E-state index is 11.6. The highest BCUT2D eigenvalue weighted by atomic mass is 35.5. The summed E-state index contributed by atoms with van der Waals surface area (Å²) >= 11 is 5.64. The molecule has 17 heavy (non-hydrogen) atoms. The van der Waals surface area contributed by atoms with Gasteiger partial charge in [0, 0.05) is 25.0 Å². The second kappa shape index (κ2) is 6.60. The Morgan fingerprint density at radius 3 is 2.59 bits per heavy atom. The van der Waals surface area contributed by atoms with Crippen LogP contribution in [-0.2, 0) is 4.79 Å². The average Bonchev–Trinajstić information content (AvgIpc) is 2.22. The van der Waals surface area contributed by atoms with Gasteiger partial charge in [-0.2, -0.15) is 0 Å². The summed E-state index contributed by atoms with van der Waals surface area (Å²) in [6.07, 6.45) is 1.81. The van der Waals surface area contributed by atoms with Crippen molar-refractivity contribution in [2.45, 2.75) is 33.6 Å². The van der Waals surface area contributed by atoms with Crippen molar-refractivity contribution in [2.24, 2.45) is 0 Å². The summed E-state index contributed by atoms with van der Waals surface area (Å²) in [4.78, 5) is 17.7. The standard InChI is InChI=1S/C13H19ClN2O/c1-10-8-11(2)15-13(9-10)16(12(3)17)7-5-4-6-14/h8-9H,4-7H2,1-3H3. The molecular weight excluding hydrogens is 236 g/mol. The van der Waals surface area contributed by atoms with Crippen LogP contribution in [0, 0.1) is 13.8 Å². The first kappa shape index (κ1) is 14.0. The number of hydrogen-bond donors (Lipinski definition) is 0. The van der Waals surface area contributed by atoms with Crippen molar-refractivity contribution in [1.82, 2.24) is 4.98 Å². The number of unbranched alkanes of at least 4 members (excludes halogenated alkanes) is 1. The fourth-order valence-electron chi connectivity index (χ4n) is 1.76. The van der Waals surface area contributed by atoms with Crippen LogP contribution >= 0.6 is 11.6 Å². The maximum Gasteiger partial charge on any atom is 0.225 e. The van der Waals surface area contributed by atoms with Gasteiger partial charge in [0.05, 0.1) is 0 Å². The van der Waals surface area contributed by atoms with Crippen LogP contribution < -0.4 is 4.90 Å². The summed E-state index contributed by atoms with van der Waals surface area (Å²) < 4.78 is 0. The molecule has 3 nitrogen and oxygen atoms in total. The van der Waals surface area contributed by atoms with Crippen LogP contribution in [0.5, 0.6) is 0 Å². The molecule has 0 saturated carbocycles. The SMILES string of the molecule is CC(=O)N(CCCCCl)c1cc(C)cc(C)n1. The molecule has 94 valence electrons. The molecule has 0 atom stereocenters. The Labute approximate surface area is 108 Å². The summed E-state index contributed by atoms with van der Waals surface area (Å²) in [6, 6.07) is 3.94. The van der Waals surface area contributed by atoms with Gasteiger partial charge in [-0.1, -0.05) is 0 Å². The normalized spacial score (nSPS) is 10.4. The summed E-state index contributed by atoms with van der Waals surface area (Å²) in [5.74, 6) is 1.40. The van der Waals surface area contributed by atoms with Crippen LogP contribution in [0.4, 0.5) is 5.82 Å².